The lowest BCUT2D eigenvalue weighted by atomic mass is 10.2. The molecule has 0 amide bonds. The van der Waals surface area contributed by atoms with Crippen molar-refractivity contribution in [3.63, 3.8) is 0 Å². The predicted molar refractivity (Wildman–Crippen MR) is 59.8 cm³/mol. The van der Waals surface area contributed by atoms with Crippen LogP contribution >= 0.6 is 0 Å². The maximum absolute atomic E-state index is 11.2. The van der Waals surface area contributed by atoms with E-state index in [1.165, 1.54) is 0 Å². The first-order valence-electron chi connectivity index (χ1n) is 5.12. The summed E-state index contributed by atoms with van der Waals surface area (Å²) < 4.78 is 16.4. The Morgan fingerprint density at radius 2 is 2.20 bits per heavy atom. The van der Waals surface area contributed by atoms with E-state index < -0.39 is 10.8 Å². The Bertz CT molecular complexity index is 341. The van der Waals surface area contributed by atoms with Crippen LogP contribution in [0.3, 0.4) is 0 Å². The lowest BCUT2D eigenvalue weighted by Gasteiger charge is -2.25. The van der Waals surface area contributed by atoms with E-state index >= 15 is 0 Å². The zero-order valence-corrected chi connectivity index (χ0v) is 9.46. The summed E-state index contributed by atoms with van der Waals surface area (Å²) in [5, 5.41) is 0. The van der Waals surface area contributed by atoms with Crippen molar-refractivity contribution >= 4 is 10.8 Å². The molecule has 0 aromatic carbocycles. The average molecular weight is 228 g/mol. The molecule has 1 aromatic heterocycles. The highest BCUT2D eigenvalue weighted by molar-refractivity contribution is 7.85. The number of rotatable bonds is 3. The van der Waals surface area contributed by atoms with Gasteiger partial charge in [-0.1, -0.05) is 0 Å². The Kier molecular flexibility index (Phi) is 3.56. The first kappa shape index (κ1) is 10.9. The van der Waals surface area contributed by atoms with Gasteiger partial charge in [0.15, 0.2) is 0 Å². The van der Waals surface area contributed by atoms with Crippen LogP contribution in [0, 0.1) is 0 Å². The highest BCUT2D eigenvalue weighted by Gasteiger charge is 2.16. The molecule has 0 unspecified atom stereocenters. The summed E-state index contributed by atoms with van der Waals surface area (Å²) in [4.78, 5) is 2.30. The summed E-state index contributed by atoms with van der Waals surface area (Å²) in [7, 11) is -0.606. The largest absolute Gasteiger partial charge is 0.468 e. The molecule has 4 nitrogen and oxygen atoms in total. The van der Waals surface area contributed by atoms with Gasteiger partial charge in [-0.15, -0.1) is 0 Å². The highest BCUT2D eigenvalue weighted by Crippen LogP contribution is 2.13. The molecule has 84 valence electrons. The van der Waals surface area contributed by atoms with Crippen LogP contribution in [0.5, 0.6) is 0 Å². The quantitative estimate of drug-likeness (QED) is 0.808. The van der Waals surface area contributed by atoms with E-state index in [-0.39, 0.29) is 0 Å². The minimum Gasteiger partial charge on any atom is -0.468 e. The molecule has 2 rings (SSSR count). The van der Waals surface area contributed by atoms with E-state index in [1.807, 2.05) is 6.07 Å². The maximum Gasteiger partial charge on any atom is 0.121 e. The molecule has 2 heterocycles. The van der Waals surface area contributed by atoms with Crippen molar-refractivity contribution in [2.24, 2.45) is 5.73 Å². The van der Waals surface area contributed by atoms with E-state index in [0.717, 1.165) is 42.5 Å². The van der Waals surface area contributed by atoms with Crippen molar-refractivity contribution in [1.29, 1.82) is 0 Å². The van der Waals surface area contributed by atoms with Crippen LogP contribution in [0.25, 0.3) is 0 Å². The summed E-state index contributed by atoms with van der Waals surface area (Å²) in [6.45, 7) is 3.12. The summed E-state index contributed by atoms with van der Waals surface area (Å²) in [5.41, 5.74) is 6.72. The molecule has 0 saturated carbocycles. The highest BCUT2D eigenvalue weighted by atomic mass is 32.2. The molecule has 1 fully saturated rings. The van der Waals surface area contributed by atoms with Crippen molar-refractivity contribution in [3.05, 3.63) is 23.7 Å². The van der Waals surface area contributed by atoms with Gasteiger partial charge in [0.2, 0.25) is 0 Å². The maximum atomic E-state index is 11.2. The van der Waals surface area contributed by atoms with E-state index in [0.29, 0.717) is 6.54 Å². The lowest BCUT2D eigenvalue weighted by Crippen LogP contribution is -2.37. The molecule has 0 bridgehead atoms. The fraction of sp³-hybridized carbons (Fsp3) is 0.600. The Morgan fingerprint density at radius 3 is 2.87 bits per heavy atom. The smallest absolute Gasteiger partial charge is 0.121 e. The molecule has 0 radical (unpaired) electrons. The minimum absolute atomic E-state index is 0.447. The van der Waals surface area contributed by atoms with Crippen molar-refractivity contribution in [3.8, 4) is 0 Å². The number of nitrogens with two attached hydrogens (primary N) is 1. The molecule has 2 N–H and O–H groups in total. The molecular formula is C10H16N2O2S. The summed E-state index contributed by atoms with van der Waals surface area (Å²) in [6.07, 6.45) is 1.68. The molecule has 0 aliphatic carbocycles. The van der Waals surface area contributed by atoms with E-state index in [1.54, 1.807) is 6.26 Å². The van der Waals surface area contributed by atoms with Gasteiger partial charge in [-0.2, -0.15) is 0 Å². The van der Waals surface area contributed by atoms with Gasteiger partial charge in [0, 0.05) is 47.5 Å². The van der Waals surface area contributed by atoms with Crippen LogP contribution in [-0.4, -0.2) is 33.7 Å². The Hall–Kier alpha value is -0.650. The monoisotopic (exact) mass is 228 g/mol. The molecular weight excluding hydrogens is 212 g/mol. The van der Waals surface area contributed by atoms with Crippen LogP contribution in [0.2, 0.25) is 0 Å². The zero-order valence-electron chi connectivity index (χ0n) is 8.65. The first-order chi connectivity index (χ1) is 7.29. The van der Waals surface area contributed by atoms with Gasteiger partial charge < -0.3 is 10.2 Å². The summed E-state index contributed by atoms with van der Waals surface area (Å²) in [6, 6.07) is 1.97. The van der Waals surface area contributed by atoms with E-state index in [2.05, 4.69) is 4.90 Å². The topological polar surface area (TPSA) is 59.5 Å². The molecule has 1 aromatic rings. The molecule has 1 saturated heterocycles. The van der Waals surface area contributed by atoms with Gasteiger partial charge in [0.05, 0.1) is 12.8 Å². The molecule has 1 aliphatic rings. The van der Waals surface area contributed by atoms with Crippen LogP contribution in [0.1, 0.15) is 11.3 Å². The standard InChI is InChI=1S/C10H16N2O2S/c11-7-10-9(1-4-14-10)8-12-2-5-15(13)6-3-12/h1,4H,2-3,5-8,11H2. The molecule has 0 spiro atoms. The van der Waals surface area contributed by atoms with Gasteiger partial charge >= 0.3 is 0 Å². The van der Waals surface area contributed by atoms with Crippen molar-refractivity contribution in [2.75, 3.05) is 24.6 Å². The minimum atomic E-state index is -0.606. The van der Waals surface area contributed by atoms with E-state index in [4.69, 9.17) is 10.2 Å². The third kappa shape index (κ3) is 2.68. The molecule has 15 heavy (non-hydrogen) atoms. The van der Waals surface area contributed by atoms with Gasteiger partial charge in [-0.05, 0) is 6.07 Å². The van der Waals surface area contributed by atoms with Crippen molar-refractivity contribution in [1.82, 2.24) is 4.90 Å². The second-order valence-corrected chi connectivity index (χ2v) is 5.39. The van der Waals surface area contributed by atoms with Gasteiger partial charge in [0.1, 0.15) is 5.76 Å². The normalized spacial score (nSPS) is 19.5. The second kappa shape index (κ2) is 4.92. The number of hydrogen-bond acceptors (Lipinski definition) is 4. The Morgan fingerprint density at radius 1 is 1.47 bits per heavy atom. The second-order valence-electron chi connectivity index (χ2n) is 3.70. The number of hydrogen-bond donors (Lipinski definition) is 1. The Labute approximate surface area is 91.9 Å². The van der Waals surface area contributed by atoms with Crippen LogP contribution in [0.4, 0.5) is 0 Å². The van der Waals surface area contributed by atoms with Crippen LogP contribution in [-0.2, 0) is 23.9 Å². The molecule has 0 atom stereocenters. The first-order valence-corrected chi connectivity index (χ1v) is 6.61. The fourth-order valence-corrected chi connectivity index (χ4v) is 2.89. The number of nitrogens with zero attached hydrogens (tertiary/aromatic N) is 1. The van der Waals surface area contributed by atoms with Crippen LogP contribution < -0.4 is 5.73 Å². The van der Waals surface area contributed by atoms with Crippen molar-refractivity contribution < 1.29 is 8.63 Å². The lowest BCUT2D eigenvalue weighted by molar-refractivity contribution is 0.289. The summed E-state index contributed by atoms with van der Waals surface area (Å²) in [5.74, 6) is 2.44. The Balaban J connectivity index is 1.94. The average Bonchev–Trinajstić information content (AvgIpc) is 2.69. The third-order valence-electron chi connectivity index (χ3n) is 2.69. The predicted octanol–water partition coefficient (Wildman–Crippen LogP) is 0.303. The van der Waals surface area contributed by atoms with Gasteiger partial charge in [-0.25, -0.2) is 0 Å². The van der Waals surface area contributed by atoms with Crippen molar-refractivity contribution in [2.45, 2.75) is 13.1 Å². The molecule has 5 heteroatoms. The fourth-order valence-electron chi connectivity index (χ4n) is 1.76. The third-order valence-corrected chi connectivity index (χ3v) is 3.96. The summed E-state index contributed by atoms with van der Waals surface area (Å²) >= 11 is 0. The van der Waals surface area contributed by atoms with Gasteiger partial charge in [0.25, 0.3) is 0 Å². The number of furan rings is 1. The van der Waals surface area contributed by atoms with Crippen LogP contribution in [0.15, 0.2) is 16.7 Å². The SMILES string of the molecule is NCc1occc1CN1CCS(=O)CC1. The van der Waals surface area contributed by atoms with E-state index in [9.17, 15) is 4.21 Å². The molecule has 1 aliphatic heterocycles. The zero-order chi connectivity index (χ0) is 10.7. The van der Waals surface area contributed by atoms with Gasteiger partial charge in [-0.3, -0.25) is 9.11 Å².